The Morgan fingerprint density at radius 2 is 3.00 bits per heavy atom. The summed E-state index contributed by atoms with van der Waals surface area (Å²) < 4.78 is 12.1. The molecule has 0 aromatic carbocycles. The van der Waals surface area contributed by atoms with Gasteiger partial charge in [-0.3, -0.25) is 0 Å². The summed E-state index contributed by atoms with van der Waals surface area (Å²) in [6, 6.07) is 0. The van der Waals surface area contributed by atoms with Crippen LogP contribution in [0.1, 0.15) is 1.37 Å². The molecule has 0 fully saturated rings. The highest BCUT2D eigenvalue weighted by Crippen LogP contribution is 2.13. The van der Waals surface area contributed by atoms with Crippen LogP contribution in [-0.2, 0) is 4.74 Å². The van der Waals surface area contributed by atoms with Crippen molar-refractivity contribution in [3.8, 4) is 0 Å². The third kappa shape index (κ3) is 1.21. The van der Waals surface area contributed by atoms with Gasteiger partial charge in [0, 0.05) is 0 Å². The van der Waals surface area contributed by atoms with E-state index in [0.717, 1.165) is 0 Å². The van der Waals surface area contributed by atoms with E-state index in [1.807, 2.05) is 12.3 Å². The number of hydrogen-bond donors (Lipinski definition) is 0. The summed E-state index contributed by atoms with van der Waals surface area (Å²) in [5.41, 5.74) is 0.123. The lowest BCUT2D eigenvalue weighted by Gasteiger charge is -2.00. The molecule has 40 valence electrons. The molecule has 0 saturated heterocycles. The van der Waals surface area contributed by atoms with E-state index in [1.54, 1.807) is 17.8 Å². The summed E-state index contributed by atoms with van der Waals surface area (Å²) in [5.74, 6) is 0. The van der Waals surface area contributed by atoms with Crippen LogP contribution in [-0.4, -0.2) is 18.3 Å². The molecule has 0 spiro atoms. The van der Waals surface area contributed by atoms with Gasteiger partial charge in [-0.2, -0.15) is 0 Å². The lowest BCUT2D eigenvalue weighted by molar-refractivity contribution is 0.189. The molecule has 1 rings (SSSR count). The molecule has 1 heterocycles. The average molecular weight is 117 g/mol. The summed E-state index contributed by atoms with van der Waals surface area (Å²) in [6.07, 6.45) is 5.62. The van der Waals surface area contributed by atoms with Gasteiger partial charge in [-0.05, 0) is 12.3 Å². The molecule has 7 heavy (non-hydrogen) atoms. The summed E-state index contributed by atoms with van der Waals surface area (Å²) in [7, 11) is 0. The van der Waals surface area contributed by atoms with E-state index in [1.165, 1.54) is 0 Å². The van der Waals surface area contributed by atoms with E-state index in [9.17, 15) is 0 Å². The second kappa shape index (κ2) is 2.38. The van der Waals surface area contributed by atoms with Gasteiger partial charge in [0.2, 0.25) is 0 Å². The predicted molar refractivity (Wildman–Crippen MR) is 32.4 cm³/mol. The standard InChI is InChI=1S/C5H8OS/c1-7-5-3-2-4-6-5/h2-3,5H,4H2,1H3/i4D. The Kier molecular flexibility index (Phi) is 1.35. The zero-order valence-electron chi connectivity index (χ0n) is 5.13. The first kappa shape index (κ1) is 3.98. The molecule has 2 atom stereocenters. The van der Waals surface area contributed by atoms with E-state index < -0.39 is 6.58 Å². The van der Waals surface area contributed by atoms with Gasteiger partial charge in [0.1, 0.15) is 5.44 Å². The minimum Gasteiger partial charge on any atom is -0.359 e. The first-order valence-corrected chi connectivity index (χ1v) is 3.40. The maximum Gasteiger partial charge on any atom is 0.121 e. The van der Waals surface area contributed by atoms with E-state index in [4.69, 9.17) is 6.11 Å². The molecule has 0 aromatic heterocycles. The lowest BCUT2D eigenvalue weighted by Crippen LogP contribution is -1.95. The first-order chi connectivity index (χ1) is 3.83. The number of ether oxygens (including phenoxy) is 1. The molecule has 0 aromatic rings. The molecular weight excluding hydrogens is 108 g/mol. The second-order valence-electron chi connectivity index (χ2n) is 1.26. The average Bonchev–Trinajstić information content (AvgIpc) is 2.14. The van der Waals surface area contributed by atoms with Crippen LogP contribution in [0.15, 0.2) is 12.2 Å². The summed E-state index contributed by atoms with van der Waals surface area (Å²) in [4.78, 5) is 0. The molecule has 1 aliphatic heterocycles. The molecule has 0 amide bonds. The van der Waals surface area contributed by atoms with Gasteiger partial charge in [-0.25, -0.2) is 0 Å². The molecule has 0 radical (unpaired) electrons. The summed E-state index contributed by atoms with van der Waals surface area (Å²) >= 11 is 1.61. The van der Waals surface area contributed by atoms with Gasteiger partial charge in [0.25, 0.3) is 0 Å². The van der Waals surface area contributed by atoms with Crippen LogP contribution in [0.25, 0.3) is 0 Å². The Hall–Kier alpha value is 0.0500. The van der Waals surface area contributed by atoms with Crippen molar-refractivity contribution in [3.63, 3.8) is 0 Å². The molecular formula is C5H8OS. The molecule has 0 N–H and O–H groups in total. The van der Waals surface area contributed by atoms with Crippen molar-refractivity contribution in [2.45, 2.75) is 5.44 Å². The zero-order valence-corrected chi connectivity index (χ0v) is 4.94. The Bertz CT molecular complexity index is 105. The van der Waals surface area contributed by atoms with Crippen molar-refractivity contribution < 1.29 is 6.11 Å². The van der Waals surface area contributed by atoms with Crippen molar-refractivity contribution >= 4 is 11.8 Å². The maximum atomic E-state index is 7.04. The fourth-order valence-corrected chi connectivity index (χ4v) is 0.861. The van der Waals surface area contributed by atoms with Crippen LogP contribution in [0.3, 0.4) is 0 Å². The van der Waals surface area contributed by atoms with Gasteiger partial charge < -0.3 is 4.74 Å². The highest BCUT2D eigenvalue weighted by atomic mass is 32.2. The molecule has 1 nitrogen and oxygen atoms in total. The quantitative estimate of drug-likeness (QED) is 0.478. The Morgan fingerprint density at radius 3 is 3.29 bits per heavy atom. The van der Waals surface area contributed by atoms with Crippen LogP contribution in [0.4, 0.5) is 0 Å². The summed E-state index contributed by atoms with van der Waals surface area (Å²) in [6.45, 7) is -0.424. The first-order valence-electron chi connectivity index (χ1n) is 2.69. The van der Waals surface area contributed by atoms with Gasteiger partial charge in [0.15, 0.2) is 0 Å². The van der Waals surface area contributed by atoms with Crippen molar-refractivity contribution in [3.05, 3.63) is 12.2 Å². The van der Waals surface area contributed by atoms with E-state index >= 15 is 0 Å². The molecule has 0 bridgehead atoms. The smallest absolute Gasteiger partial charge is 0.121 e. The number of hydrogen-bond acceptors (Lipinski definition) is 2. The molecule has 0 saturated carbocycles. The van der Waals surface area contributed by atoms with Crippen LogP contribution >= 0.6 is 11.8 Å². The summed E-state index contributed by atoms with van der Waals surface area (Å²) in [5, 5.41) is 0. The molecule has 0 aliphatic carbocycles. The normalized spacial score (nSPS) is 41.6. The van der Waals surface area contributed by atoms with Crippen LogP contribution in [0, 0.1) is 0 Å². The fourth-order valence-electron chi connectivity index (χ4n) is 0.438. The van der Waals surface area contributed by atoms with E-state index in [0.29, 0.717) is 0 Å². The third-order valence-electron chi connectivity index (χ3n) is 0.792. The zero-order chi connectivity index (χ0) is 5.98. The van der Waals surface area contributed by atoms with Crippen molar-refractivity contribution in [1.29, 1.82) is 0 Å². The number of rotatable bonds is 1. The van der Waals surface area contributed by atoms with Gasteiger partial charge in [-0.15, -0.1) is 11.8 Å². The largest absolute Gasteiger partial charge is 0.359 e. The predicted octanol–water partition coefficient (Wildman–Crippen LogP) is 1.26. The van der Waals surface area contributed by atoms with Crippen LogP contribution < -0.4 is 0 Å². The van der Waals surface area contributed by atoms with Gasteiger partial charge in [-0.1, -0.05) is 6.08 Å². The Morgan fingerprint density at radius 1 is 2.14 bits per heavy atom. The molecule has 1 aliphatic rings. The molecule has 2 unspecified atom stereocenters. The Balaban J connectivity index is 2.34. The van der Waals surface area contributed by atoms with Gasteiger partial charge >= 0.3 is 0 Å². The highest BCUT2D eigenvalue weighted by molar-refractivity contribution is 7.99. The van der Waals surface area contributed by atoms with Crippen molar-refractivity contribution in [2.24, 2.45) is 0 Å². The van der Waals surface area contributed by atoms with Gasteiger partial charge in [0.05, 0.1) is 7.95 Å². The second-order valence-corrected chi connectivity index (χ2v) is 2.20. The minimum absolute atomic E-state index is 0.123. The fraction of sp³-hybridized carbons (Fsp3) is 0.600. The van der Waals surface area contributed by atoms with E-state index in [2.05, 4.69) is 0 Å². The van der Waals surface area contributed by atoms with Crippen LogP contribution in [0.2, 0.25) is 0 Å². The minimum atomic E-state index is -0.424. The Labute approximate surface area is 49.1 Å². The number of thioether (sulfide) groups is 1. The van der Waals surface area contributed by atoms with Crippen molar-refractivity contribution in [2.75, 3.05) is 12.8 Å². The highest BCUT2D eigenvalue weighted by Gasteiger charge is 2.04. The SMILES string of the molecule is [2H]C1C=CC(SC)O1. The van der Waals surface area contributed by atoms with Crippen molar-refractivity contribution in [1.82, 2.24) is 0 Å². The lowest BCUT2D eigenvalue weighted by atomic mass is 10.6. The monoisotopic (exact) mass is 117 g/mol. The third-order valence-corrected chi connectivity index (χ3v) is 1.52. The maximum absolute atomic E-state index is 7.04. The van der Waals surface area contributed by atoms with Crippen LogP contribution in [0.5, 0.6) is 0 Å². The topological polar surface area (TPSA) is 9.23 Å². The van der Waals surface area contributed by atoms with E-state index in [-0.39, 0.29) is 5.44 Å². The molecule has 2 heteroatoms.